The normalized spacial score (nSPS) is 11.2. The molecule has 0 aliphatic heterocycles. The van der Waals surface area contributed by atoms with E-state index in [1.54, 1.807) is 29.5 Å². The quantitative estimate of drug-likeness (QED) is 0.694. The zero-order chi connectivity index (χ0) is 15.5. The van der Waals surface area contributed by atoms with E-state index in [4.69, 9.17) is 11.6 Å². The third-order valence-electron chi connectivity index (χ3n) is 3.15. The third-order valence-corrected chi connectivity index (χ3v) is 4.38. The number of nitrogens with zero attached hydrogens (tertiary/aromatic N) is 1. The van der Waals surface area contributed by atoms with E-state index in [0.717, 1.165) is 20.8 Å². The monoisotopic (exact) mass is 328 g/mol. The van der Waals surface area contributed by atoms with Crippen LogP contribution in [0, 0.1) is 6.92 Å². The average molecular weight is 329 g/mol. The van der Waals surface area contributed by atoms with Crippen molar-refractivity contribution in [1.82, 2.24) is 4.98 Å². The van der Waals surface area contributed by atoms with Crippen LogP contribution < -0.4 is 5.32 Å². The molecule has 1 aromatic heterocycles. The number of nitrogens with one attached hydrogen (secondary N) is 1. The lowest BCUT2D eigenvalue weighted by atomic mass is 10.2. The number of thiazole rings is 1. The first kappa shape index (κ1) is 14.8. The molecule has 3 nitrogen and oxygen atoms in total. The van der Waals surface area contributed by atoms with Gasteiger partial charge in [0.1, 0.15) is 5.01 Å². The van der Waals surface area contributed by atoms with Crippen molar-refractivity contribution in [2.75, 3.05) is 5.32 Å². The molecule has 3 aromatic rings. The van der Waals surface area contributed by atoms with E-state index >= 15 is 0 Å². The summed E-state index contributed by atoms with van der Waals surface area (Å²) >= 11 is 7.49. The molecule has 5 heteroatoms. The van der Waals surface area contributed by atoms with Gasteiger partial charge in [-0.2, -0.15) is 0 Å². The number of hydrogen-bond donors (Lipinski definition) is 1. The summed E-state index contributed by atoms with van der Waals surface area (Å²) in [6.07, 6.45) is 3.21. The van der Waals surface area contributed by atoms with E-state index in [1.165, 1.54) is 6.08 Å². The molecule has 22 heavy (non-hydrogen) atoms. The van der Waals surface area contributed by atoms with Gasteiger partial charge in [-0.1, -0.05) is 29.8 Å². The van der Waals surface area contributed by atoms with Crippen molar-refractivity contribution in [3.63, 3.8) is 0 Å². The lowest BCUT2D eigenvalue weighted by Gasteiger charge is -2.06. The number of carbonyl (C=O) groups excluding carboxylic acids is 1. The number of hydrogen-bond acceptors (Lipinski definition) is 3. The predicted octanol–water partition coefficient (Wildman–Crippen LogP) is 4.91. The molecule has 0 spiro atoms. The van der Waals surface area contributed by atoms with Crippen LogP contribution in [0.5, 0.6) is 0 Å². The first-order valence-corrected chi connectivity index (χ1v) is 7.92. The maximum atomic E-state index is 12.0. The minimum absolute atomic E-state index is 0.204. The summed E-state index contributed by atoms with van der Waals surface area (Å²) in [7, 11) is 0. The van der Waals surface area contributed by atoms with E-state index in [1.807, 2.05) is 37.3 Å². The van der Waals surface area contributed by atoms with Crippen LogP contribution in [0.3, 0.4) is 0 Å². The molecule has 0 unspecified atom stereocenters. The minimum atomic E-state index is -0.204. The Morgan fingerprint density at radius 3 is 2.91 bits per heavy atom. The van der Waals surface area contributed by atoms with Gasteiger partial charge in [-0.3, -0.25) is 4.79 Å². The molecular weight excluding hydrogens is 316 g/mol. The summed E-state index contributed by atoms with van der Waals surface area (Å²) in [4.78, 5) is 16.5. The number of aryl methyl sites for hydroxylation is 1. The van der Waals surface area contributed by atoms with Crippen molar-refractivity contribution in [3.8, 4) is 0 Å². The fourth-order valence-corrected chi connectivity index (χ4v) is 3.05. The Labute approximate surface area is 137 Å². The van der Waals surface area contributed by atoms with Crippen LogP contribution in [0.25, 0.3) is 16.3 Å². The number of fused-ring (bicyclic) bond motifs is 1. The Hall–Kier alpha value is -2.17. The average Bonchev–Trinajstić information content (AvgIpc) is 2.92. The topological polar surface area (TPSA) is 42.0 Å². The number of halogens is 1. The summed E-state index contributed by atoms with van der Waals surface area (Å²) in [5.74, 6) is -0.204. The smallest absolute Gasteiger partial charge is 0.248 e. The summed E-state index contributed by atoms with van der Waals surface area (Å²) in [6, 6.07) is 13.3. The highest BCUT2D eigenvalue weighted by atomic mass is 35.5. The summed E-state index contributed by atoms with van der Waals surface area (Å²) in [5.41, 5.74) is 2.62. The molecule has 0 radical (unpaired) electrons. The first-order chi connectivity index (χ1) is 10.6. The van der Waals surface area contributed by atoms with Gasteiger partial charge in [0, 0.05) is 16.8 Å². The predicted molar refractivity (Wildman–Crippen MR) is 93.5 cm³/mol. The number of amides is 1. The first-order valence-electron chi connectivity index (χ1n) is 6.72. The summed E-state index contributed by atoms with van der Waals surface area (Å²) in [5, 5.41) is 4.22. The Kier molecular flexibility index (Phi) is 4.22. The molecule has 3 rings (SSSR count). The van der Waals surface area contributed by atoms with Crippen molar-refractivity contribution in [1.29, 1.82) is 0 Å². The maximum Gasteiger partial charge on any atom is 0.248 e. The van der Waals surface area contributed by atoms with Crippen molar-refractivity contribution in [3.05, 3.63) is 64.1 Å². The van der Waals surface area contributed by atoms with E-state index in [2.05, 4.69) is 10.3 Å². The molecular formula is C17H13ClN2OS. The van der Waals surface area contributed by atoms with Gasteiger partial charge in [0.05, 0.1) is 10.2 Å². The second-order valence-corrected chi connectivity index (χ2v) is 6.30. The molecule has 0 aliphatic carbocycles. The highest BCUT2D eigenvalue weighted by Gasteiger charge is 2.04. The van der Waals surface area contributed by atoms with Crippen LogP contribution in [0.4, 0.5) is 5.69 Å². The van der Waals surface area contributed by atoms with E-state index < -0.39 is 0 Å². The number of rotatable bonds is 3. The Balaban J connectivity index is 1.74. The Morgan fingerprint density at radius 2 is 2.09 bits per heavy atom. The number of benzene rings is 2. The summed E-state index contributed by atoms with van der Waals surface area (Å²) in [6.45, 7) is 1.92. The molecule has 0 aliphatic rings. The molecule has 2 aromatic carbocycles. The number of aromatic nitrogens is 1. The van der Waals surface area contributed by atoms with Crippen molar-refractivity contribution in [2.45, 2.75) is 6.92 Å². The third kappa shape index (κ3) is 3.35. The summed E-state index contributed by atoms with van der Waals surface area (Å²) < 4.78 is 1.10. The van der Waals surface area contributed by atoms with E-state index in [-0.39, 0.29) is 5.91 Å². The Morgan fingerprint density at radius 1 is 1.27 bits per heavy atom. The van der Waals surface area contributed by atoms with E-state index in [9.17, 15) is 4.79 Å². The van der Waals surface area contributed by atoms with Gasteiger partial charge in [0.25, 0.3) is 0 Å². The minimum Gasteiger partial charge on any atom is -0.322 e. The van der Waals surface area contributed by atoms with Gasteiger partial charge < -0.3 is 5.32 Å². The molecule has 0 saturated heterocycles. The molecule has 0 fully saturated rings. The highest BCUT2D eigenvalue weighted by molar-refractivity contribution is 7.19. The molecule has 110 valence electrons. The second-order valence-electron chi connectivity index (χ2n) is 4.80. The van der Waals surface area contributed by atoms with E-state index in [0.29, 0.717) is 10.7 Å². The van der Waals surface area contributed by atoms with Crippen LogP contribution in [-0.2, 0) is 4.79 Å². The standard InChI is InChI=1S/C17H13ClN2OS/c1-11-6-7-12(18)10-14(11)19-16(21)8-9-17-20-13-4-2-3-5-15(13)22-17/h2-10H,1H3,(H,19,21)/b9-8+. The van der Waals surface area contributed by atoms with Crippen LogP contribution >= 0.6 is 22.9 Å². The zero-order valence-electron chi connectivity index (χ0n) is 11.8. The molecule has 0 saturated carbocycles. The molecule has 0 atom stereocenters. The zero-order valence-corrected chi connectivity index (χ0v) is 13.4. The van der Waals surface area contributed by atoms with Gasteiger partial charge >= 0.3 is 0 Å². The van der Waals surface area contributed by atoms with Gasteiger partial charge in [0.15, 0.2) is 0 Å². The molecule has 0 bridgehead atoms. The van der Waals surface area contributed by atoms with Crippen molar-refractivity contribution in [2.24, 2.45) is 0 Å². The number of anilines is 1. The molecule has 1 heterocycles. The van der Waals surface area contributed by atoms with Gasteiger partial charge in [-0.05, 0) is 42.8 Å². The maximum absolute atomic E-state index is 12.0. The fourth-order valence-electron chi connectivity index (χ4n) is 2.01. The second kappa shape index (κ2) is 6.30. The van der Waals surface area contributed by atoms with Crippen LogP contribution in [0.1, 0.15) is 10.6 Å². The van der Waals surface area contributed by atoms with Gasteiger partial charge in [-0.15, -0.1) is 11.3 Å². The number of carbonyl (C=O) groups is 1. The largest absolute Gasteiger partial charge is 0.322 e. The highest BCUT2D eigenvalue weighted by Crippen LogP contribution is 2.23. The van der Waals surface area contributed by atoms with Crippen LogP contribution in [0.15, 0.2) is 48.5 Å². The fraction of sp³-hybridized carbons (Fsp3) is 0.0588. The van der Waals surface area contributed by atoms with Crippen LogP contribution in [-0.4, -0.2) is 10.9 Å². The SMILES string of the molecule is Cc1ccc(Cl)cc1NC(=O)/C=C/c1nc2ccccc2s1. The van der Waals surface area contributed by atoms with Gasteiger partial charge in [0.2, 0.25) is 5.91 Å². The number of para-hydroxylation sites is 1. The van der Waals surface area contributed by atoms with Crippen LogP contribution in [0.2, 0.25) is 5.02 Å². The lowest BCUT2D eigenvalue weighted by Crippen LogP contribution is -2.08. The molecule has 1 N–H and O–H groups in total. The van der Waals surface area contributed by atoms with Crippen molar-refractivity contribution >= 4 is 50.8 Å². The Bertz CT molecular complexity index is 837. The van der Waals surface area contributed by atoms with Crippen molar-refractivity contribution < 1.29 is 4.79 Å². The van der Waals surface area contributed by atoms with Gasteiger partial charge in [-0.25, -0.2) is 4.98 Å². The lowest BCUT2D eigenvalue weighted by molar-refractivity contribution is -0.111. The molecule has 1 amide bonds.